The monoisotopic (exact) mass is 368 g/mol. The second-order valence-corrected chi connectivity index (χ2v) is 6.31. The molecule has 9 heteroatoms. The lowest BCUT2D eigenvalue weighted by Crippen LogP contribution is -2.47. The number of urea groups is 1. The van der Waals surface area contributed by atoms with E-state index in [1.807, 2.05) is 13.0 Å². The molecule has 0 saturated carbocycles. The van der Waals surface area contributed by atoms with Gasteiger partial charge in [-0.1, -0.05) is 17.7 Å². The maximum atomic E-state index is 12.8. The molecule has 138 valence electrons. The summed E-state index contributed by atoms with van der Waals surface area (Å²) in [5.74, 6) is -1.29. The molecule has 0 aliphatic carbocycles. The zero-order valence-corrected chi connectivity index (χ0v) is 14.6. The summed E-state index contributed by atoms with van der Waals surface area (Å²) in [6.07, 6.45) is 0. The Balaban J connectivity index is 1.83. The Morgan fingerprint density at radius 1 is 1.19 bits per heavy atom. The Morgan fingerprint density at radius 3 is 2.44 bits per heavy atom. The van der Waals surface area contributed by atoms with Gasteiger partial charge in [-0.3, -0.25) is 25.1 Å². The van der Waals surface area contributed by atoms with E-state index >= 15 is 0 Å². The number of aryl methyl sites for hydroxylation is 1. The van der Waals surface area contributed by atoms with Gasteiger partial charge in [-0.05, 0) is 43.7 Å². The van der Waals surface area contributed by atoms with Gasteiger partial charge >= 0.3 is 6.03 Å². The average molecular weight is 368 g/mol. The summed E-state index contributed by atoms with van der Waals surface area (Å²) in [5, 5.41) is 13.9. The fraction of sp³-hybridized carbons (Fsp3) is 0.167. The summed E-state index contributed by atoms with van der Waals surface area (Å²) in [6, 6.07) is 11.2. The molecule has 1 saturated heterocycles. The molecule has 1 aliphatic heterocycles. The Kier molecular flexibility index (Phi) is 4.36. The maximum absolute atomic E-state index is 12.8. The van der Waals surface area contributed by atoms with Gasteiger partial charge in [0, 0.05) is 17.7 Å². The van der Waals surface area contributed by atoms with Crippen molar-refractivity contribution in [2.75, 3.05) is 0 Å². The minimum Gasteiger partial charge on any atom is -0.318 e. The molecule has 1 aliphatic rings. The molecule has 9 nitrogen and oxygen atoms in total. The molecular weight excluding hydrogens is 352 g/mol. The molecule has 0 radical (unpaired) electrons. The number of nitro groups is 1. The first kappa shape index (κ1) is 18.1. The summed E-state index contributed by atoms with van der Waals surface area (Å²) in [7, 11) is 0. The van der Waals surface area contributed by atoms with E-state index in [4.69, 9.17) is 0 Å². The van der Waals surface area contributed by atoms with Crippen LogP contribution in [0.4, 0.5) is 10.5 Å². The van der Waals surface area contributed by atoms with Gasteiger partial charge in [0.2, 0.25) is 0 Å². The number of hydrogen-bond donors (Lipinski definition) is 2. The van der Waals surface area contributed by atoms with Gasteiger partial charge in [-0.2, -0.15) is 5.01 Å². The molecule has 0 spiro atoms. The second kappa shape index (κ2) is 6.52. The van der Waals surface area contributed by atoms with E-state index in [0.717, 1.165) is 5.56 Å². The SMILES string of the molecule is Cc1cccc(C(=O)NN2C(=O)N[C@@](C)(c3ccc([N+](=O)[O-])cc3)C2=O)c1. The number of imide groups is 1. The quantitative estimate of drug-likeness (QED) is 0.486. The van der Waals surface area contributed by atoms with Crippen molar-refractivity contribution in [3.8, 4) is 0 Å². The van der Waals surface area contributed by atoms with Crippen molar-refractivity contribution in [1.29, 1.82) is 0 Å². The summed E-state index contributed by atoms with van der Waals surface area (Å²) >= 11 is 0. The third-order valence-corrected chi connectivity index (χ3v) is 4.34. The summed E-state index contributed by atoms with van der Waals surface area (Å²) in [5.41, 5.74) is 2.24. The summed E-state index contributed by atoms with van der Waals surface area (Å²) in [6.45, 7) is 3.28. The fourth-order valence-corrected chi connectivity index (χ4v) is 2.81. The third-order valence-electron chi connectivity index (χ3n) is 4.34. The number of amides is 4. The van der Waals surface area contributed by atoms with Gasteiger partial charge in [0.1, 0.15) is 5.54 Å². The second-order valence-electron chi connectivity index (χ2n) is 6.31. The largest absolute Gasteiger partial charge is 0.344 e. The van der Waals surface area contributed by atoms with Gasteiger partial charge in [-0.25, -0.2) is 4.79 Å². The van der Waals surface area contributed by atoms with Crippen LogP contribution in [0.2, 0.25) is 0 Å². The van der Waals surface area contributed by atoms with Crippen LogP contribution in [-0.2, 0) is 10.3 Å². The fourth-order valence-electron chi connectivity index (χ4n) is 2.81. The van der Waals surface area contributed by atoms with Crippen molar-refractivity contribution in [3.05, 3.63) is 75.3 Å². The molecule has 2 N–H and O–H groups in total. The predicted molar refractivity (Wildman–Crippen MR) is 94.5 cm³/mol. The number of carbonyl (C=O) groups is 3. The standard InChI is InChI=1S/C18H16N4O5/c1-11-4-3-5-12(10-11)15(23)20-21-16(24)18(2,19-17(21)25)13-6-8-14(9-7-13)22(26)27/h3-10H,1-2H3,(H,19,25)(H,20,23)/t18-/m0/s1. The van der Waals surface area contributed by atoms with E-state index < -0.39 is 28.3 Å². The normalized spacial score (nSPS) is 19.0. The predicted octanol–water partition coefficient (Wildman–Crippen LogP) is 2.02. The minimum atomic E-state index is -1.45. The first-order chi connectivity index (χ1) is 12.7. The van der Waals surface area contributed by atoms with Gasteiger partial charge in [0.15, 0.2) is 0 Å². The molecule has 4 amide bonds. The lowest BCUT2D eigenvalue weighted by atomic mass is 9.92. The average Bonchev–Trinajstić information content (AvgIpc) is 2.86. The van der Waals surface area contributed by atoms with Crippen LogP contribution in [0.15, 0.2) is 48.5 Å². The van der Waals surface area contributed by atoms with Crippen molar-refractivity contribution in [3.63, 3.8) is 0 Å². The van der Waals surface area contributed by atoms with Gasteiger partial charge in [0.05, 0.1) is 4.92 Å². The highest BCUT2D eigenvalue weighted by Crippen LogP contribution is 2.29. The number of carbonyl (C=O) groups excluding carboxylic acids is 3. The highest BCUT2D eigenvalue weighted by molar-refractivity contribution is 6.09. The highest BCUT2D eigenvalue weighted by atomic mass is 16.6. The number of rotatable bonds is 4. The number of nitrogens with zero attached hydrogens (tertiary/aromatic N) is 2. The van der Waals surface area contributed by atoms with E-state index in [-0.39, 0.29) is 5.69 Å². The Bertz CT molecular complexity index is 956. The van der Waals surface area contributed by atoms with Crippen LogP contribution in [0.3, 0.4) is 0 Å². The van der Waals surface area contributed by atoms with Crippen LogP contribution in [-0.4, -0.2) is 27.8 Å². The Hall–Kier alpha value is -3.75. The molecule has 1 atom stereocenters. The van der Waals surface area contributed by atoms with Crippen molar-refractivity contribution < 1.29 is 19.3 Å². The van der Waals surface area contributed by atoms with Crippen LogP contribution < -0.4 is 10.7 Å². The third kappa shape index (κ3) is 3.22. The zero-order valence-electron chi connectivity index (χ0n) is 14.6. The summed E-state index contributed by atoms with van der Waals surface area (Å²) < 4.78 is 0. The number of benzene rings is 2. The molecule has 2 aromatic rings. The molecule has 0 bridgehead atoms. The van der Waals surface area contributed by atoms with Crippen LogP contribution in [0.5, 0.6) is 0 Å². The lowest BCUT2D eigenvalue weighted by molar-refractivity contribution is -0.384. The van der Waals surface area contributed by atoms with Crippen molar-refractivity contribution in [2.45, 2.75) is 19.4 Å². The number of nitro benzene ring substituents is 1. The molecule has 1 heterocycles. The van der Waals surface area contributed by atoms with E-state index in [1.54, 1.807) is 18.2 Å². The molecule has 0 aromatic heterocycles. The number of hydrogen-bond acceptors (Lipinski definition) is 5. The Labute approximate surface area is 154 Å². The number of hydrazine groups is 1. The summed E-state index contributed by atoms with van der Waals surface area (Å²) in [4.78, 5) is 47.6. The molecule has 27 heavy (non-hydrogen) atoms. The number of nitrogens with one attached hydrogen (secondary N) is 2. The van der Waals surface area contributed by atoms with Crippen molar-refractivity contribution in [1.82, 2.24) is 15.8 Å². The van der Waals surface area contributed by atoms with E-state index in [1.165, 1.54) is 31.2 Å². The van der Waals surface area contributed by atoms with E-state index in [2.05, 4.69) is 10.7 Å². The van der Waals surface area contributed by atoms with Crippen molar-refractivity contribution in [2.24, 2.45) is 0 Å². The van der Waals surface area contributed by atoms with Crippen LogP contribution in [0.1, 0.15) is 28.4 Å². The Morgan fingerprint density at radius 2 is 1.85 bits per heavy atom. The molecule has 0 unspecified atom stereocenters. The van der Waals surface area contributed by atoms with Gasteiger partial charge in [-0.15, -0.1) is 0 Å². The van der Waals surface area contributed by atoms with Crippen LogP contribution in [0.25, 0.3) is 0 Å². The van der Waals surface area contributed by atoms with E-state index in [9.17, 15) is 24.5 Å². The zero-order chi connectivity index (χ0) is 19.8. The smallest absolute Gasteiger partial charge is 0.318 e. The van der Waals surface area contributed by atoms with Gasteiger partial charge in [0.25, 0.3) is 17.5 Å². The maximum Gasteiger partial charge on any atom is 0.344 e. The molecule has 3 rings (SSSR count). The van der Waals surface area contributed by atoms with E-state index in [0.29, 0.717) is 16.1 Å². The van der Waals surface area contributed by atoms with Gasteiger partial charge < -0.3 is 5.32 Å². The van der Waals surface area contributed by atoms with Crippen LogP contribution in [0, 0.1) is 17.0 Å². The minimum absolute atomic E-state index is 0.135. The highest BCUT2D eigenvalue weighted by Gasteiger charge is 2.50. The number of non-ortho nitro benzene ring substituents is 1. The topological polar surface area (TPSA) is 122 Å². The molecule has 1 fully saturated rings. The molecular formula is C18H16N4O5. The first-order valence-electron chi connectivity index (χ1n) is 8.01. The van der Waals surface area contributed by atoms with Crippen LogP contribution >= 0.6 is 0 Å². The lowest BCUT2D eigenvalue weighted by Gasteiger charge is -2.22. The molecule has 2 aromatic carbocycles. The first-order valence-corrected chi connectivity index (χ1v) is 8.01. The van der Waals surface area contributed by atoms with Crippen molar-refractivity contribution >= 4 is 23.5 Å².